The number of rotatable bonds is 2. The minimum Gasteiger partial charge on any atom is -0.236 e. The van der Waals surface area contributed by atoms with E-state index in [1.54, 1.807) is 0 Å². The maximum absolute atomic E-state index is 6.36. The molecule has 0 aliphatic carbocycles. The van der Waals surface area contributed by atoms with Crippen LogP contribution < -0.4 is 0 Å². The normalized spacial score (nSPS) is 10.8. The first-order valence-electron chi connectivity index (χ1n) is 7.38. The minimum atomic E-state index is 0.480. The van der Waals surface area contributed by atoms with E-state index in [4.69, 9.17) is 11.6 Å². The summed E-state index contributed by atoms with van der Waals surface area (Å²) >= 11 is 6.36. The summed E-state index contributed by atoms with van der Waals surface area (Å²) in [4.78, 5) is 8.57. The summed E-state index contributed by atoms with van der Waals surface area (Å²) in [5, 5.41) is 1.37. The molecule has 3 heteroatoms. The zero-order valence-electron chi connectivity index (χ0n) is 12.3. The van der Waals surface area contributed by atoms with Crippen LogP contribution in [0.15, 0.2) is 79.1 Å². The first kappa shape index (κ1) is 13.9. The minimum absolute atomic E-state index is 0.480. The summed E-state index contributed by atoms with van der Waals surface area (Å²) in [5.41, 5.74) is 5.28. The van der Waals surface area contributed by atoms with Crippen molar-refractivity contribution in [3.8, 4) is 22.3 Å². The van der Waals surface area contributed by atoms with E-state index in [1.807, 2.05) is 36.4 Å². The molecule has 23 heavy (non-hydrogen) atoms. The van der Waals surface area contributed by atoms with E-state index in [-0.39, 0.29) is 0 Å². The molecule has 3 aromatic carbocycles. The number of hydrogen-bond donors (Lipinski definition) is 0. The third-order valence-electron chi connectivity index (χ3n) is 3.88. The van der Waals surface area contributed by atoms with Crippen LogP contribution in [0.1, 0.15) is 0 Å². The number of benzene rings is 3. The van der Waals surface area contributed by atoms with E-state index in [1.165, 1.54) is 6.33 Å². The number of fused-ring (bicyclic) bond motifs is 1. The molecule has 0 aliphatic rings. The number of nitrogens with zero attached hydrogens (tertiary/aromatic N) is 2. The average molecular weight is 317 g/mol. The van der Waals surface area contributed by atoms with Crippen LogP contribution in [0.2, 0.25) is 5.15 Å². The molecule has 0 atom stereocenters. The zero-order valence-corrected chi connectivity index (χ0v) is 13.0. The molecule has 0 unspecified atom stereocenters. The van der Waals surface area contributed by atoms with Gasteiger partial charge in [-0.3, -0.25) is 0 Å². The molecular formula is C20H13ClN2. The van der Waals surface area contributed by atoms with Crippen LogP contribution in [-0.2, 0) is 0 Å². The van der Waals surface area contributed by atoms with Crippen molar-refractivity contribution < 1.29 is 0 Å². The molecule has 0 spiro atoms. The molecule has 0 amide bonds. The Balaban J connectivity index is 2.06. The molecule has 0 fully saturated rings. The third kappa shape index (κ3) is 2.58. The van der Waals surface area contributed by atoms with Crippen molar-refractivity contribution in [3.05, 3.63) is 84.3 Å². The molecule has 0 bridgehead atoms. The Hall–Kier alpha value is -2.71. The Kier molecular flexibility index (Phi) is 3.52. The number of halogens is 1. The molecule has 0 N–H and O–H groups in total. The monoisotopic (exact) mass is 316 g/mol. The van der Waals surface area contributed by atoms with Gasteiger partial charge in [0.1, 0.15) is 11.5 Å². The van der Waals surface area contributed by atoms with Crippen molar-refractivity contribution in [1.29, 1.82) is 0 Å². The molecule has 2 nitrogen and oxygen atoms in total. The average Bonchev–Trinajstić information content (AvgIpc) is 2.62. The smallest absolute Gasteiger partial charge is 0.140 e. The molecule has 0 saturated carbocycles. The van der Waals surface area contributed by atoms with Crippen LogP contribution in [0.3, 0.4) is 0 Å². The van der Waals surface area contributed by atoms with Gasteiger partial charge >= 0.3 is 0 Å². The topological polar surface area (TPSA) is 25.8 Å². The van der Waals surface area contributed by atoms with Gasteiger partial charge in [-0.25, -0.2) is 9.97 Å². The van der Waals surface area contributed by atoms with E-state index < -0.39 is 0 Å². The Bertz CT molecular complexity index is 967. The molecule has 0 aliphatic heterocycles. The molecular weight excluding hydrogens is 304 g/mol. The van der Waals surface area contributed by atoms with E-state index in [0.717, 1.165) is 33.2 Å². The summed E-state index contributed by atoms with van der Waals surface area (Å²) in [5.74, 6) is 0. The van der Waals surface area contributed by atoms with Gasteiger partial charge in [0, 0.05) is 5.39 Å². The van der Waals surface area contributed by atoms with Gasteiger partial charge in [-0.2, -0.15) is 0 Å². The summed E-state index contributed by atoms with van der Waals surface area (Å²) in [6.45, 7) is 0. The second-order valence-corrected chi connectivity index (χ2v) is 5.67. The van der Waals surface area contributed by atoms with Crippen molar-refractivity contribution >= 4 is 22.5 Å². The maximum atomic E-state index is 6.36. The first-order valence-corrected chi connectivity index (χ1v) is 7.76. The number of hydrogen-bond acceptors (Lipinski definition) is 2. The van der Waals surface area contributed by atoms with Crippen LogP contribution in [0, 0.1) is 0 Å². The van der Waals surface area contributed by atoms with Gasteiger partial charge in [-0.05, 0) is 34.4 Å². The van der Waals surface area contributed by atoms with Crippen LogP contribution in [0.5, 0.6) is 0 Å². The van der Waals surface area contributed by atoms with Crippen molar-refractivity contribution in [2.24, 2.45) is 0 Å². The van der Waals surface area contributed by atoms with Crippen LogP contribution in [0.25, 0.3) is 33.2 Å². The molecule has 0 saturated heterocycles. The van der Waals surface area contributed by atoms with Gasteiger partial charge in [0.15, 0.2) is 0 Å². The quantitative estimate of drug-likeness (QED) is 0.449. The third-order valence-corrected chi connectivity index (χ3v) is 4.17. The Labute approximate surface area is 139 Å². The second kappa shape index (κ2) is 5.82. The Morgan fingerprint density at radius 1 is 0.652 bits per heavy atom. The molecule has 4 rings (SSSR count). The van der Waals surface area contributed by atoms with Gasteiger partial charge in [0.25, 0.3) is 0 Å². The molecule has 4 aromatic rings. The molecule has 1 heterocycles. The van der Waals surface area contributed by atoms with Crippen molar-refractivity contribution in [1.82, 2.24) is 9.97 Å². The van der Waals surface area contributed by atoms with Gasteiger partial charge in [-0.1, -0.05) is 72.3 Å². The van der Waals surface area contributed by atoms with Crippen LogP contribution in [0.4, 0.5) is 0 Å². The Morgan fingerprint density at radius 3 is 2.00 bits per heavy atom. The summed E-state index contributed by atoms with van der Waals surface area (Å²) in [6.07, 6.45) is 1.51. The molecule has 0 radical (unpaired) electrons. The van der Waals surface area contributed by atoms with E-state index in [0.29, 0.717) is 5.15 Å². The fourth-order valence-corrected chi connectivity index (χ4v) is 3.04. The van der Waals surface area contributed by atoms with Crippen molar-refractivity contribution in [2.45, 2.75) is 0 Å². The maximum Gasteiger partial charge on any atom is 0.140 e. The lowest BCUT2D eigenvalue weighted by Gasteiger charge is -2.11. The fourth-order valence-electron chi connectivity index (χ4n) is 2.79. The molecule has 110 valence electrons. The van der Waals surface area contributed by atoms with Gasteiger partial charge in [0.2, 0.25) is 0 Å². The highest BCUT2D eigenvalue weighted by molar-refractivity contribution is 6.35. The molecule has 1 aromatic heterocycles. The fraction of sp³-hybridized carbons (Fsp3) is 0. The number of aromatic nitrogens is 2. The van der Waals surface area contributed by atoms with E-state index in [9.17, 15) is 0 Å². The highest BCUT2D eigenvalue weighted by Gasteiger charge is 2.12. The zero-order chi connectivity index (χ0) is 15.6. The predicted molar refractivity (Wildman–Crippen MR) is 95.4 cm³/mol. The van der Waals surface area contributed by atoms with Crippen LogP contribution >= 0.6 is 11.6 Å². The van der Waals surface area contributed by atoms with E-state index >= 15 is 0 Å². The van der Waals surface area contributed by atoms with Gasteiger partial charge in [-0.15, -0.1) is 0 Å². The van der Waals surface area contributed by atoms with E-state index in [2.05, 4.69) is 46.4 Å². The SMILES string of the molecule is Clc1ncnc2cc(-c3ccccc3)cc(-c3ccccc3)c12. The summed E-state index contributed by atoms with van der Waals surface area (Å²) in [7, 11) is 0. The lowest BCUT2D eigenvalue weighted by molar-refractivity contribution is 1.22. The van der Waals surface area contributed by atoms with Crippen LogP contribution in [-0.4, -0.2) is 9.97 Å². The van der Waals surface area contributed by atoms with Gasteiger partial charge in [0.05, 0.1) is 5.52 Å². The van der Waals surface area contributed by atoms with Gasteiger partial charge < -0.3 is 0 Å². The standard InChI is InChI=1S/C20H13ClN2/c21-20-19-17(15-9-5-2-6-10-15)11-16(12-18(19)22-13-23-20)14-7-3-1-4-8-14/h1-13H. The highest BCUT2D eigenvalue weighted by Crippen LogP contribution is 2.35. The highest BCUT2D eigenvalue weighted by atomic mass is 35.5. The largest absolute Gasteiger partial charge is 0.236 e. The Morgan fingerprint density at radius 2 is 1.30 bits per heavy atom. The second-order valence-electron chi connectivity index (χ2n) is 5.31. The first-order chi connectivity index (χ1) is 11.3. The predicted octanol–water partition coefficient (Wildman–Crippen LogP) is 5.62. The van der Waals surface area contributed by atoms with Crippen molar-refractivity contribution in [2.75, 3.05) is 0 Å². The van der Waals surface area contributed by atoms with Crippen molar-refractivity contribution in [3.63, 3.8) is 0 Å². The lowest BCUT2D eigenvalue weighted by Crippen LogP contribution is -1.90. The lowest BCUT2D eigenvalue weighted by atomic mass is 9.95. The summed E-state index contributed by atoms with van der Waals surface area (Å²) < 4.78 is 0. The summed E-state index contributed by atoms with van der Waals surface area (Å²) in [6, 6.07) is 24.7.